The molecule has 0 saturated carbocycles. The van der Waals surface area contributed by atoms with Crippen LogP contribution in [0.3, 0.4) is 0 Å². The van der Waals surface area contributed by atoms with E-state index in [2.05, 4.69) is 6.07 Å². The van der Waals surface area contributed by atoms with E-state index < -0.39 is 0 Å². The van der Waals surface area contributed by atoms with Crippen molar-refractivity contribution >= 4 is 5.57 Å². The van der Waals surface area contributed by atoms with E-state index in [1.165, 1.54) is 0 Å². The SMILES string of the molecule is COc1ccc(/C(C)=C/CO)cc1C. The summed E-state index contributed by atoms with van der Waals surface area (Å²) < 4.78 is 5.17. The fourth-order valence-corrected chi connectivity index (χ4v) is 1.38. The summed E-state index contributed by atoms with van der Waals surface area (Å²) in [5.41, 5.74) is 3.31. The molecule has 0 amide bonds. The van der Waals surface area contributed by atoms with Gasteiger partial charge in [-0.1, -0.05) is 12.1 Å². The largest absolute Gasteiger partial charge is 0.496 e. The lowest BCUT2D eigenvalue weighted by atomic mass is 10.0. The molecule has 76 valence electrons. The van der Waals surface area contributed by atoms with Crippen molar-refractivity contribution in [3.8, 4) is 5.75 Å². The Morgan fingerprint density at radius 1 is 1.50 bits per heavy atom. The number of benzene rings is 1. The molecule has 2 heteroatoms. The minimum atomic E-state index is 0.0803. The monoisotopic (exact) mass is 192 g/mol. The molecule has 0 heterocycles. The average molecular weight is 192 g/mol. The van der Waals surface area contributed by atoms with Crippen molar-refractivity contribution in [3.05, 3.63) is 35.4 Å². The maximum atomic E-state index is 8.77. The molecule has 1 N–H and O–H groups in total. The summed E-state index contributed by atoms with van der Waals surface area (Å²) >= 11 is 0. The van der Waals surface area contributed by atoms with Crippen LogP contribution >= 0.6 is 0 Å². The maximum absolute atomic E-state index is 8.77. The first-order valence-electron chi connectivity index (χ1n) is 4.61. The molecule has 0 bridgehead atoms. The normalized spacial score (nSPS) is 11.6. The van der Waals surface area contributed by atoms with E-state index in [0.29, 0.717) is 0 Å². The van der Waals surface area contributed by atoms with E-state index in [9.17, 15) is 0 Å². The predicted octanol–water partition coefficient (Wildman–Crippen LogP) is 2.40. The number of aliphatic hydroxyl groups is 1. The van der Waals surface area contributed by atoms with Gasteiger partial charge in [0.15, 0.2) is 0 Å². The minimum Gasteiger partial charge on any atom is -0.496 e. The van der Waals surface area contributed by atoms with Crippen LogP contribution in [0, 0.1) is 6.92 Å². The Hall–Kier alpha value is -1.28. The van der Waals surface area contributed by atoms with Crippen molar-refractivity contribution < 1.29 is 9.84 Å². The third-order valence-corrected chi connectivity index (χ3v) is 2.25. The van der Waals surface area contributed by atoms with Crippen LogP contribution in [-0.2, 0) is 0 Å². The molecule has 0 aliphatic rings. The predicted molar refractivity (Wildman–Crippen MR) is 58.5 cm³/mol. The molecule has 2 nitrogen and oxygen atoms in total. The third-order valence-electron chi connectivity index (χ3n) is 2.25. The first kappa shape index (κ1) is 10.8. The van der Waals surface area contributed by atoms with Crippen LogP contribution in [0.15, 0.2) is 24.3 Å². The van der Waals surface area contributed by atoms with Gasteiger partial charge < -0.3 is 9.84 Å². The molecule has 1 rings (SSSR count). The van der Waals surface area contributed by atoms with Gasteiger partial charge in [-0.3, -0.25) is 0 Å². The van der Waals surface area contributed by atoms with Crippen LogP contribution in [0.25, 0.3) is 5.57 Å². The van der Waals surface area contributed by atoms with Gasteiger partial charge in [-0.05, 0) is 42.7 Å². The maximum Gasteiger partial charge on any atom is 0.121 e. The molecule has 0 aliphatic carbocycles. The summed E-state index contributed by atoms with van der Waals surface area (Å²) in [5.74, 6) is 0.894. The second-order valence-corrected chi connectivity index (χ2v) is 3.25. The van der Waals surface area contributed by atoms with Crippen molar-refractivity contribution in [2.75, 3.05) is 13.7 Å². The highest BCUT2D eigenvalue weighted by Gasteiger charge is 2.00. The summed E-state index contributed by atoms with van der Waals surface area (Å²) in [5, 5.41) is 8.77. The van der Waals surface area contributed by atoms with Gasteiger partial charge in [0.2, 0.25) is 0 Å². The van der Waals surface area contributed by atoms with Gasteiger partial charge >= 0.3 is 0 Å². The van der Waals surface area contributed by atoms with Crippen LogP contribution < -0.4 is 4.74 Å². The van der Waals surface area contributed by atoms with E-state index in [4.69, 9.17) is 9.84 Å². The Morgan fingerprint density at radius 2 is 2.21 bits per heavy atom. The molecule has 0 spiro atoms. The van der Waals surface area contributed by atoms with Crippen molar-refractivity contribution in [1.82, 2.24) is 0 Å². The van der Waals surface area contributed by atoms with Gasteiger partial charge in [-0.25, -0.2) is 0 Å². The van der Waals surface area contributed by atoms with E-state index in [1.54, 1.807) is 13.2 Å². The fraction of sp³-hybridized carbons (Fsp3) is 0.333. The van der Waals surface area contributed by atoms with Gasteiger partial charge in [0, 0.05) is 0 Å². The number of allylic oxidation sites excluding steroid dienone is 1. The van der Waals surface area contributed by atoms with E-state index in [0.717, 1.165) is 22.4 Å². The topological polar surface area (TPSA) is 29.5 Å². The summed E-state index contributed by atoms with van der Waals surface area (Å²) in [6.07, 6.45) is 1.79. The van der Waals surface area contributed by atoms with E-state index >= 15 is 0 Å². The second kappa shape index (κ2) is 4.82. The number of methoxy groups -OCH3 is 1. The summed E-state index contributed by atoms with van der Waals surface area (Å²) in [6, 6.07) is 5.99. The summed E-state index contributed by atoms with van der Waals surface area (Å²) in [6.45, 7) is 4.07. The zero-order chi connectivity index (χ0) is 10.6. The smallest absolute Gasteiger partial charge is 0.121 e. The molecule has 14 heavy (non-hydrogen) atoms. The van der Waals surface area contributed by atoms with Gasteiger partial charge in [-0.2, -0.15) is 0 Å². The van der Waals surface area contributed by atoms with Crippen molar-refractivity contribution in [3.63, 3.8) is 0 Å². The lowest BCUT2D eigenvalue weighted by Gasteiger charge is -2.07. The highest BCUT2D eigenvalue weighted by atomic mass is 16.5. The molecule has 0 aromatic heterocycles. The number of ether oxygens (including phenoxy) is 1. The zero-order valence-electron chi connectivity index (χ0n) is 8.87. The quantitative estimate of drug-likeness (QED) is 0.796. The van der Waals surface area contributed by atoms with Crippen LogP contribution in [-0.4, -0.2) is 18.8 Å². The zero-order valence-corrected chi connectivity index (χ0v) is 8.87. The molecule has 0 aliphatic heterocycles. The molecule has 1 aromatic rings. The Labute approximate surface area is 84.8 Å². The Balaban J connectivity index is 3.02. The highest BCUT2D eigenvalue weighted by Crippen LogP contribution is 2.22. The minimum absolute atomic E-state index is 0.0803. The van der Waals surface area contributed by atoms with E-state index in [-0.39, 0.29) is 6.61 Å². The third kappa shape index (κ3) is 2.36. The molecule has 0 fully saturated rings. The molecule has 0 atom stereocenters. The van der Waals surface area contributed by atoms with Crippen molar-refractivity contribution in [2.24, 2.45) is 0 Å². The number of hydrogen-bond acceptors (Lipinski definition) is 2. The standard InChI is InChI=1S/C12H16O2/c1-9(6-7-13)11-4-5-12(14-3)10(2)8-11/h4-6,8,13H,7H2,1-3H3/b9-6+. The molecule has 1 aromatic carbocycles. The lowest BCUT2D eigenvalue weighted by molar-refractivity contribution is 0.343. The summed E-state index contributed by atoms with van der Waals surface area (Å²) in [4.78, 5) is 0. The van der Waals surface area contributed by atoms with Gasteiger partial charge in [0.1, 0.15) is 5.75 Å². The number of aliphatic hydroxyl groups excluding tert-OH is 1. The first-order chi connectivity index (χ1) is 6.69. The van der Waals surface area contributed by atoms with Gasteiger partial charge in [0.05, 0.1) is 13.7 Å². The van der Waals surface area contributed by atoms with Gasteiger partial charge in [0.25, 0.3) is 0 Å². The van der Waals surface area contributed by atoms with Gasteiger partial charge in [-0.15, -0.1) is 0 Å². The van der Waals surface area contributed by atoms with Crippen LogP contribution in [0.4, 0.5) is 0 Å². The molecule has 0 radical (unpaired) electrons. The van der Waals surface area contributed by atoms with Crippen LogP contribution in [0.2, 0.25) is 0 Å². The summed E-state index contributed by atoms with van der Waals surface area (Å²) in [7, 11) is 1.67. The van der Waals surface area contributed by atoms with Crippen molar-refractivity contribution in [2.45, 2.75) is 13.8 Å². The Morgan fingerprint density at radius 3 is 2.71 bits per heavy atom. The highest BCUT2D eigenvalue weighted by molar-refractivity contribution is 5.65. The molecule has 0 saturated heterocycles. The van der Waals surface area contributed by atoms with Crippen molar-refractivity contribution in [1.29, 1.82) is 0 Å². The fourth-order valence-electron chi connectivity index (χ4n) is 1.38. The molecular formula is C12H16O2. The number of aryl methyl sites for hydroxylation is 1. The number of rotatable bonds is 3. The Kier molecular flexibility index (Phi) is 3.72. The molecule has 0 unspecified atom stereocenters. The number of hydrogen-bond donors (Lipinski definition) is 1. The average Bonchev–Trinajstić information content (AvgIpc) is 2.18. The second-order valence-electron chi connectivity index (χ2n) is 3.25. The van der Waals surface area contributed by atoms with Crippen LogP contribution in [0.1, 0.15) is 18.1 Å². The molecular weight excluding hydrogens is 176 g/mol. The lowest BCUT2D eigenvalue weighted by Crippen LogP contribution is -1.89. The van der Waals surface area contributed by atoms with E-state index in [1.807, 2.05) is 26.0 Å². The Bertz CT molecular complexity index is 340. The van der Waals surface area contributed by atoms with Crippen LogP contribution in [0.5, 0.6) is 5.75 Å². The first-order valence-corrected chi connectivity index (χ1v) is 4.61.